The first kappa shape index (κ1) is 19.4. The number of aryl methyl sites for hydroxylation is 1. The molecule has 0 aliphatic carbocycles. The molecule has 0 bridgehead atoms. The molecule has 0 saturated carbocycles. The summed E-state index contributed by atoms with van der Waals surface area (Å²) in [4.78, 5) is 12.1. The molecule has 1 amide bonds. The zero-order valence-electron chi connectivity index (χ0n) is 14.0. The lowest BCUT2D eigenvalue weighted by molar-refractivity contribution is -0.123. The Balaban J connectivity index is 2.81. The van der Waals surface area contributed by atoms with Crippen LogP contribution in [0.4, 0.5) is 0 Å². The van der Waals surface area contributed by atoms with Crippen molar-refractivity contribution in [1.82, 2.24) is 10.0 Å². The molecule has 0 aliphatic rings. The summed E-state index contributed by atoms with van der Waals surface area (Å²) < 4.78 is 37.1. The Bertz CT molecular complexity index is 645. The Hall–Kier alpha value is -1.64. The van der Waals surface area contributed by atoms with Gasteiger partial charge in [-0.2, -0.15) is 4.72 Å². The van der Waals surface area contributed by atoms with E-state index < -0.39 is 22.0 Å². The van der Waals surface area contributed by atoms with E-state index in [-0.39, 0.29) is 10.9 Å². The van der Waals surface area contributed by atoms with Crippen molar-refractivity contribution < 1.29 is 22.7 Å². The van der Waals surface area contributed by atoms with Gasteiger partial charge in [0.25, 0.3) is 0 Å². The summed E-state index contributed by atoms with van der Waals surface area (Å²) in [5.41, 5.74) is 0.696. The number of nitrogens with one attached hydrogen (secondary N) is 2. The van der Waals surface area contributed by atoms with E-state index in [1.807, 2.05) is 0 Å². The first-order valence-electron chi connectivity index (χ1n) is 7.17. The van der Waals surface area contributed by atoms with Crippen molar-refractivity contribution in [2.45, 2.75) is 37.8 Å². The minimum Gasteiger partial charge on any atom is -0.496 e. The van der Waals surface area contributed by atoms with Gasteiger partial charge in [0.05, 0.1) is 24.7 Å². The molecular weight excluding hydrogens is 320 g/mol. The van der Waals surface area contributed by atoms with Crippen molar-refractivity contribution in [2.24, 2.45) is 0 Å². The number of amides is 1. The summed E-state index contributed by atoms with van der Waals surface area (Å²) in [7, 11) is -0.753. The number of sulfonamides is 1. The van der Waals surface area contributed by atoms with Crippen LogP contribution in [-0.2, 0) is 19.6 Å². The molecule has 2 N–H and O–H groups in total. The molecule has 0 saturated heterocycles. The molecule has 0 unspecified atom stereocenters. The fourth-order valence-corrected chi connectivity index (χ4v) is 3.32. The topological polar surface area (TPSA) is 93.7 Å². The van der Waals surface area contributed by atoms with Crippen LogP contribution in [0.3, 0.4) is 0 Å². The number of rotatable bonds is 8. The van der Waals surface area contributed by atoms with Gasteiger partial charge in [-0.3, -0.25) is 4.79 Å². The molecule has 7 nitrogen and oxygen atoms in total. The van der Waals surface area contributed by atoms with E-state index in [9.17, 15) is 13.2 Å². The maximum atomic E-state index is 12.4. The number of hydrogen-bond donors (Lipinski definition) is 2. The molecule has 0 aliphatic heterocycles. The molecule has 1 aromatic carbocycles. The minimum atomic E-state index is -3.80. The quantitative estimate of drug-likeness (QED) is 0.728. The summed E-state index contributed by atoms with van der Waals surface area (Å²) in [5, 5.41) is 2.67. The van der Waals surface area contributed by atoms with Gasteiger partial charge in [-0.25, -0.2) is 8.42 Å². The highest BCUT2D eigenvalue weighted by molar-refractivity contribution is 7.89. The summed E-state index contributed by atoms with van der Waals surface area (Å²) in [6.45, 7) is 5.36. The second-order valence-electron chi connectivity index (χ2n) is 5.34. The normalized spacial score (nSPS) is 14.1. The van der Waals surface area contributed by atoms with Crippen molar-refractivity contribution >= 4 is 15.9 Å². The van der Waals surface area contributed by atoms with Crippen LogP contribution in [0.5, 0.6) is 5.75 Å². The maximum Gasteiger partial charge on any atom is 0.241 e. The van der Waals surface area contributed by atoms with Gasteiger partial charge >= 0.3 is 0 Å². The van der Waals surface area contributed by atoms with Crippen molar-refractivity contribution in [3.63, 3.8) is 0 Å². The molecule has 1 rings (SSSR count). The zero-order chi connectivity index (χ0) is 17.6. The molecule has 1 aromatic rings. The Kier molecular flexibility index (Phi) is 6.99. The number of ether oxygens (including phenoxy) is 2. The number of benzene rings is 1. The molecule has 0 heterocycles. The predicted molar refractivity (Wildman–Crippen MR) is 87.0 cm³/mol. The average molecular weight is 344 g/mol. The fourth-order valence-electron chi connectivity index (χ4n) is 2.03. The van der Waals surface area contributed by atoms with Gasteiger partial charge in [0.15, 0.2) is 0 Å². The maximum absolute atomic E-state index is 12.4. The molecule has 0 fully saturated rings. The van der Waals surface area contributed by atoms with E-state index in [2.05, 4.69) is 10.0 Å². The van der Waals surface area contributed by atoms with Gasteiger partial charge in [-0.15, -0.1) is 0 Å². The summed E-state index contributed by atoms with van der Waals surface area (Å²) >= 11 is 0. The fraction of sp³-hybridized carbons (Fsp3) is 0.533. The van der Waals surface area contributed by atoms with Crippen LogP contribution >= 0.6 is 0 Å². The van der Waals surface area contributed by atoms with Gasteiger partial charge in [0, 0.05) is 13.2 Å². The summed E-state index contributed by atoms with van der Waals surface area (Å²) in [6, 6.07) is 3.41. The number of carbonyl (C=O) groups is 1. The molecule has 2 atom stereocenters. The van der Waals surface area contributed by atoms with Crippen molar-refractivity contribution in [3.8, 4) is 5.75 Å². The molecule has 8 heteroatoms. The first-order chi connectivity index (χ1) is 10.7. The monoisotopic (exact) mass is 344 g/mol. The van der Waals surface area contributed by atoms with E-state index in [4.69, 9.17) is 9.47 Å². The van der Waals surface area contributed by atoms with Gasteiger partial charge in [-0.1, -0.05) is 0 Å². The van der Waals surface area contributed by atoms with E-state index >= 15 is 0 Å². The third-order valence-corrected chi connectivity index (χ3v) is 4.75. The Labute approximate surface area is 137 Å². The Morgan fingerprint density at radius 3 is 2.43 bits per heavy atom. The van der Waals surface area contributed by atoms with Crippen LogP contribution in [-0.4, -0.2) is 47.2 Å². The Morgan fingerprint density at radius 1 is 1.26 bits per heavy atom. The third-order valence-electron chi connectivity index (χ3n) is 3.21. The molecule has 0 aromatic heterocycles. The standard InChI is InChI=1S/C15H24N2O5S/c1-10-8-13(6-7-14(10)22-5)23(19,20)17-12(3)15(18)16-11(2)9-21-4/h6-8,11-12,17H,9H2,1-5H3,(H,16,18)/t11-,12+/m1/s1. The van der Waals surface area contributed by atoms with Crippen LogP contribution in [0, 0.1) is 6.92 Å². The number of methoxy groups -OCH3 is 2. The first-order valence-corrected chi connectivity index (χ1v) is 8.66. The van der Waals surface area contributed by atoms with E-state index in [1.165, 1.54) is 33.3 Å². The lowest BCUT2D eigenvalue weighted by atomic mass is 10.2. The van der Waals surface area contributed by atoms with Crippen molar-refractivity contribution in [3.05, 3.63) is 23.8 Å². The van der Waals surface area contributed by atoms with Gasteiger partial charge in [-0.05, 0) is 44.5 Å². The van der Waals surface area contributed by atoms with Crippen LogP contribution < -0.4 is 14.8 Å². The van der Waals surface area contributed by atoms with Gasteiger partial charge in [0.2, 0.25) is 15.9 Å². The highest BCUT2D eigenvalue weighted by Gasteiger charge is 2.23. The van der Waals surface area contributed by atoms with Gasteiger partial charge < -0.3 is 14.8 Å². The highest BCUT2D eigenvalue weighted by atomic mass is 32.2. The van der Waals surface area contributed by atoms with Crippen LogP contribution in [0.2, 0.25) is 0 Å². The van der Waals surface area contributed by atoms with Crippen LogP contribution in [0.15, 0.2) is 23.1 Å². The SMILES string of the molecule is COC[C@@H](C)NC(=O)[C@H](C)NS(=O)(=O)c1ccc(OC)c(C)c1. The highest BCUT2D eigenvalue weighted by Crippen LogP contribution is 2.21. The van der Waals surface area contributed by atoms with Gasteiger partial charge in [0.1, 0.15) is 5.75 Å². The van der Waals surface area contributed by atoms with E-state index in [1.54, 1.807) is 19.9 Å². The molecular formula is C15H24N2O5S. The second-order valence-corrected chi connectivity index (χ2v) is 7.05. The zero-order valence-corrected chi connectivity index (χ0v) is 14.9. The largest absolute Gasteiger partial charge is 0.496 e. The van der Waals surface area contributed by atoms with Crippen LogP contribution in [0.25, 0.3) is 0 Å². The second kappa shape index (κ2) is 8.28. The number of carbonyl (C=O) groups excluding carboxylic acids is 1. The molecule has 23 heavy (non-hydrogen) atoms. The smallest absolute Gasteiger partial charge is 0.241 e. The predicted octanol–water partition coefficient (Wildman–Crippen LogP) is 0.822. The molecule has 0 radical (unpaired) electrons. The third kappa shape index (κ3) is 5.49. The number of hydrogen-bond acceptors (Lipinski definition) is 5. The van der Waals surface area contributed by atoms with Crippen LogP contribution in [0.1, 0.15) is 19.4 Å². The summed E-state index contributed by atoms with van der Waals surface area (Å²) in [5.74, 6) is 0.187. The lowest BCUT2D eigenvalue weighted by Crippen LogP contribution is -2.48. The molecule has 0 spiro atoms. The molecule has 130 valence electrons. The lowest BCUT2D eigenvalue weighted by Gasteiger charge is -2.18. The Morgan fingerprint density at radius 2 is 1.91 bits per heavy atom. The van der Waals surface area contributed by atoms with Crippen molar-refractivity contribution in [1.29, 1.82) is 0 Å². The van der Waals surface area contributed by atoms with E-state index in [0.717, 1.165) is 0 Å². The van der Waals surface area contributed by atoms with E-state index in [0.29, 0.717) is 17.9 Å². The average Bonchev–Trinajstić information content (AvgIpc) is 2.46. The summed E-state index contributed by atoms with van der Waals surface area (Å²) in [6.07, 6.45) is 0. The van der Waals surface area contributed by atoms with Crippen molar-refractivity contribution in [2.75, 3.05) is 20.8 Å². The minimum absolute atomic E-state index is 0.0837.